The number of aromatic nitrogens is 3. The first kappa shape index (κ1) is 20.8. The van der Waals surface area contributed by atoms with Gasteiger partial charge in [0.1, 0.15) is 5.25 Å². The van der Waals surface area contributed by atoms with Crippen molar-refractivity contribution >= 4 is 17.7 Å². The third-order valence-electron chi connectivity index (χ3n) is 5.66. The molecule has 8 nitrogen and oxygen atoms in total. The predicted octanol–water partition coefficient (Wildman–Crippen LogP) is 3.88. The van der Waals surface area contributed by atoms with Crippen LogP contribution in [0, 0.1) is 0 Å². The van der Waals surface area contributed by atoms with E-state index in [2.05, 4.69) is 14.8 Å². The Hall–Kier alpha value is -2.42. The molecule has 0 spiro atoms. The molecule has 0 amide bonds. The van der Waals surface area contributed by atoms with Gasteiger partial charge in [-0.1, -0.05) is 31.0 Å². The van der Waals surface area contributed by atoms with Crippen LogP contribution >= 0.6 is 11.8 Å². The van der Waals surface area contributed by atoms with E-state index in [0.29, 0.717) is 36.3 Å². The Morgan fingerprint density at radius 3 is 2.27 bits per heavy atom. The molecule has 2 aromatic rings. The smallest absolute Gasteiger partial charge is 0.319 e. The van der Waals surface area contributed by atoms with E-state index in [1.165, 1.54) is 31.0 Å². The van der Waals surface area contributed by atoms with E-state index in [0.717, 1.165) is 29.4 Å². The highest BCUT2D eigenvalue weighted by Gasteiger charge is 2.32. The molecule has 0 N–H and O–H groups in total. The van der Waals surface area contributed by atoms with Gasteiger partial charge in [-0.15, -0.1) is 10.2 Å². The summed E-state index contributed by atoms with van der Waals surface area (Å²) in [7, 11) is 4.78. The van der Waals surface area contributed by atoms with Crippen LogP contribution in [0.5, 0.6) is 17.2 Å². The number of ether oxygens (including phenoxy) is 4. The van der Waals surface area contributed by atoms with Gasteiger partial charge in [0, 0.05) is 18.0 Å². The van der Waals surface area contributed by atoms with Crippen LogP contribution in [0.2, 0.25) is 0 Å². The van der Waals surface area contributed by atoms with Crippen molar-refractivity contribution in [1.82, 2.24) is 14.8 Å². The van der Waals surface area contributed by atoms with Crippen molar-refractivity contribution in [1.29, 1.82) is 0 Å². The summed E-state index contributed by atoms with van der Waals surface area (Å²) >= 11 is 1.45. The van der Waals surface area contributed by atoms with E-state index in [-0.39, 0.29) is 11.2 Å². The fraction of sp³-hybridized carbons (Fsp3) is 0.571. The van der Waals surface area contributed by atoms with Gasteiger partial charge in [-0.2, -0.15) is 0 Å². The first-order chi connectivity index (χ1) is 14.7. The average Bonchev–Trinajstić information content (AvgIpc) is 3.39. The maximum absolute atomic E-state index is 12.0. The van der Waals surface area contributed by atoms with E-state index in [4.69, 9.17) is 18.9 Å². The summed E-state index contributed by atoms with van der Waals surface area (Å²) in [6.07, 6.45) is 6.42. The second kappa shape index (κ2) is 9.16. The maximum Gasteiger partial charge on any atom is 0.319 e. The van der Waals surface area contributed by atoms with Crippen molar-refractivity contribution in [3.05, 3.63) is 12.1 Å². The molecule has 0 bridgehead atoms. The number of esters is 1. The van der Waals surface area contributed by atoms with Crippen LogP contribution in [0.15, 0.2) is 17.3 Å². The van der Waals surface area contributed by atoms with E-state index in [1.54, 1.807) is 21.3 Å². The third-order valence-corrected chi connectivity index (χ3v) is 6.86. The fourth-order valence-electron chi connectivity index (χ4n) is 4.14. The fourth-order valence-corrected chi connectivity index (χ4v) is 5.21. The minimum Gasteiger partial charge on any atom is -0.493 e. The number of carbonyl (C=O) groups is 1. The monoisotopic (exact) mass is 433 g/mol. The maximum atomic E-state index is 12.0. The van der Waals surface area contributed by atoms with E-state index in [9.17, 15) is 4.79 Å². The van der Waals surface area contributed by atoms with Gasteiger partial charge in [-0.05, 0) is 25.0 Å². The van der Waals surface area contributed by atoms with E-state index >= 15 is 0 Å². The highest BCUT2D eigenvalue weighted by atomic mass is 32.2. The van der Waals surface area contributed by atoms with Crippen LogP contribution in [0.1, 0.15) is 44.6 Å². The summed E-state index contributed by atoms with van der Waals surface area (Å²) in [6.45, 7) is 0.466. The Bertz CT molecular complexity index is 885. The zero-order chi connectivity index (χ0) is 21.1. The summed E-state index contributed by atoms with van der Waals surface area (Å²) in [5, 5.41) is 9.52. The SMILES string of the molecule is COc1cc(-c2nnc(SC3CCOC3=O)n2C2CCCCC2)cc(OC)c1OC. The molecular weight excluding hydrogens is 406 g/mol. The Labute approximate surface area is 180 Å². The second-order valence-electron chi connectivity index (χ2n) is 7.44. The van der Waals surface area contributed by atoms with Crippen molar-refractivity contribution < 1.29 is 23.7 Å². The first-order valence-electron chi connectivity index (χ1n) is 10.2. The molecule has 1 aliphatic carbocycles. The van der Waals surface area contributed by atoms with Gasteiger partial charge in [-0.3, -0.25) is 9.36 Å². The zero-order valence-electron chi connectivity index (χ0n) is 17.6. The molecule has 1 aromatic heterocycles. The Kier molecular flexibility index (Phi) is 6.36. The second-order valence-corrected chi connectivity index (χ2v) is 8.61. The Morgan fingerprint density at radius 1 is 1.00 bits per heavy atom. The van der Waals surface area contributed by atoms with Crippen molar-refractivity contribution in [2.75, 3.05) is 27.9 Å². The van der Waals surface area contributed by atoms with E-state index in [1.807, 2.05) is 12.1 Å². The Balaban J connectivity index is 1.78. The van der Waals surface area contributed by atoms with Crippen molar-refractivity contribution in [3.63, 3.8) is 0 Å². The number of methoxy groups -OCH3 is 3. The lowest BCUT2D eigenvalue weighted by atomic mass is 9.95. The molecule has 2 fully saturated rings. The number of carbonyl (C=O) groups excluding carboxylic acids is 1. The normalized spacial score (nSPS) is 19.6. The van der Waals surface area contributed by atoms with Gasteiger partial charge >= 0.3 is 5.97 Å². The number of hydrogen-bond donors (Lipinski definition) is 0. The molecule has 1 aromatic carbocycles. The highest BCUT2D eigenvalue weighted by molar-refractivity contribution is 8.00. The van der Waals surface area contributed by atoms with Crippen LogP contribution in [-0.2, 0) is 9.53 Å². The van der Waals surface area contributed by atoms with Gasteiger partial charge in [0.05, 0.1) is 27.9 Å². The number of cyclic esters (lactones) is 1. The lowest BCUT2D eigenvalue weighted by Crippen LogP contribution is -2.17. The molecule has 1 unspecified atom stereocenters. The number of thioether (sulfide) groups is 1. The van der Waals surface area contributed by atoms with Crippen LogP contribution in [-0.4, -0.2) is 53.9 Å². The number of rotatable bonds is 7. The molecule has 4 rings (SSSR count). The van der Waals surface area contributed by atoms with Gasteiger partial charge < -0.3 is 18.9 Å². The van der Waals surface area contributed by atoms with Crippen LogP contribution in [0.4, 0.5) is 0 Å². The lowest BCUT2D eigenvalue weighted by molar-refractivity contribution is -0.137. The summed E-state index contributed by atoms with van der Waals surface area (Å²) in [6, 6.07) is 4.08. The minimum absolute atomic E-state index is 0.174. The summed E-state index contributed by atoms with van der Waals surface area (Å²) < 4.78 is 23.8. The highest BCUT2D eigenvalue weighted by Crippen LogP contribution is 2.43. The molecular formula is C21H27N3O5S. The molecule has 1 atom stereocenters. The van der Waals surface area contributed by atoms with Crippen molar-refractivity contribution in [2.45, 2.75) is 55.0 Å². The zero-order valence-corrected chi connectivity index (χ0v) is 18.4. The predicted molar refractivity (Wildman–Crippen MR) is 112 cm³/mol. The molecule has 1 aliphatic heterocycles. The standard InChI is InChI=1S/C21H27N3O5S/c1-26-15-11-13(12-16(27-2)18(15)28-3)19-22-23-21(30-17-9-10-29-20(17)25)24(19)14-7-5-4-6-8-14/h11-12,14,17H,4-10H2,1-3H3. The summed E-state index contributed by atoms with van der Waals surface area (Å²) in [4.78, 5) is 12.0. The van der Waals surface area contributed by atoms with Crippen LogP contribution in [0.3, 0.4) is 0 Å². The van der Waals surface area contributed by atoms with Gasteiger partial charge in [0.25, 0.3) is 0 Å². The van der Waals surface area contributed by atoms with Gasteiger partial charge in [0.2, 0.25) is 5.75 Å². The topological polar surface area (TPSA) is 84.7 Å². The average molecular weight is 434 g/mol. The number of hydrogen-bond acceptors (Lipinski definition) is 8. The largest absolute Gasteiger partial charge is 0.493 e. The number of benzene rings is 1. The van der Waals surface area contributed by atoms with Crippen molar-refractivity contribution in [3.8, 4) is 28.6 Å². The molecule has 162 valence electrons. The minimum atomic E-state index is -0.232. The third kappa shape index (κ3) is 3.95. The first-order valence-corrected chi connectivity index (χ1v) is 11.1. The Morgan fingerprint density at radius 2 is 1.70 bits per heavy atom. The number of nitrogens with zero attached hydrogens (tertiary/aromatic N) is 3. The van der Waals surface area contributed by atoms with Gasteiger partial charge in [0.15, 0.2) is 22.5 Å². The molecule has 30 heavy (non-hydrogen) atoms. The molecule has 2 heterocycles. The van der Waals surface area contributed by atoms with E-state index < -0.39 is 0 Å². The van der Waals surface area contributed by atoms with Crippen LogP contribution in [0.25, 0.3) is 11.4 Å². The molecule has 1 saturated heterocycles. The van der Waals surface area contributed by atoms with Crippen LogP contribution < -0.4 is 14.2 Å². The quantitative estimate of drug-likeness (QED) is 0.608. The van der Waals surface area contributed by atoms with Gasteiger partial charge in [-0.25, -0.2) is 0 Å². The summed E-state index contributed by atoms with van der Waals surface area (Å²) in [5.41, 5.74) is 0.837. The molecule has 2 aliphatic rings. The molecule has 0 radical (unpaired) electrons. The molecule has 1 saturated carbocycles. The lowest BCUT2D eigenvalue weighted by Gasteiger charge is -2.26. The summed E-state index contributed by atoms with van der Waals surface area (Å²) in [5.74, 6) is 2.25. The van der Waals surface area contributed by atoms with Crippen molar-refractivity contribution in [2.24, 2.45) is 0 Å². The molecule has 9 heteroatoms.